The van der Waals surface area contributed by atoms with Crippen molar-refractivity contribution in [2.75, 3.05) is 32.0 Å². The highest BCUT2D eigenvalue weighted by Gasteiger charge is 2.16. The molecule has 7 heteroatoms. The lowest BCUT2D eigenvalue weighted by molar-refractivity contribution is 0.215. The summed E-state index contributed by atoms with van der Waals surface area (Å²) in [6, 6.07) is 0. The van der Waals surface area contributed by atoms with Crippen LogP contribution in [0.5, 0.6) is 0 Å². The van der Waals surface area contributed by atoms with E-state index in [1.807, 2.05) is 0 Å². The van der Waals surface area contributed by atoms with Gasteiger partial charge in [-0.25, -0.2) is 9.89 Å². The van der Waals surface area contributed by atoms with Crippen LogP contribution in [-0.2, 0) is 0 Å². The van der Waals surface area contributed by atoms with Crippen molar-refractivity contribution in [3.8, 4) is 0 Å². The Morgan fingerprint density at radius 1 is 1.39 bits per heavy atom. The maximum atomic E-state index is 11.4. The summed E-state index contributed by atoms with van der Waals surface area (Å²) in [5.74, 6) is 0.887. The summed E-state index contributed by atoms with van der Waals surface area (Å²) in [5.41, 5.74) is -1.05. The number of rotatable bonds is 4. The highest BCUT2D eigenvalue weighted by Crippen LogP contribution is 2.18. The van der Waals surface area contributed by atoms with Crippen LogP contribution in [0.3, 0.4) is 0 Å². The van der Waals surface area contributed by atoms with E-state index in [0.29, 0.717) is 12.5 Å². The topological polar surface area (TPSA) is 93.9 Å². The Morgan fingerprint density at radius 3 is 2.78 bits per heavy atom. The fourth-order valence-corrected chi connectivity index (χ4v) is 2.21. The van der Waals surface area contributed by atoms with Gasteiger partial charge in [-0.05, 0) is 45.3 Å². The molecule has 1 aromatic heterocycles. The standard InChI is InChI=1S/C11H19N5O2/c1-16-6-3-8(4-7-16)2-5-12-9-10(17)13-11(18)15-14-9/h8H,2-7H2,1H3,(H,12,14)(H2,13,15,17,18). The third-order valence-electron chi connectivity index (χ3n) is 3.39. The van der Waals surface area contributed by atoms with Gasteiger partial charge < -0.3 is 10.2 Å². The Morgan fingerprint density at radius 2 is 2.11 bits per heavy atom. The van der Waals surface area contributed by atoms with Crippen molar-refractivity contribution in [2.24, 2.45) is 5.92 Å². The Labute approximate surface area is 105 Å². The van der Waals surface area contributed by atoms with Crippen molar-refractivity contribution in [1.82, 2.24) is 20.1 Å². The molecule has 1 saturated heterocycles. The molecule has 2 rings (SSSR count). The van der Waals surface area contributed by atoms with E-state index in [-0.39, 0.29) is 5.82 Å². The van der Waals surface area contributed by atoms with Gasteiger partial charge in [-0.15, -0.1) is 5.10 Å². The van der Waals surface area contributed by atoms with Gasteiger partial charge in [0.2, 0.25) is 5.82 Å². The van der Waals surface area contributed by atoms with E-state index < -0.39 is 11.2 Å². The minimum absolute atomic E-state index is 0.183. The summed E-state index contributed by atoms with van der Waals surface area (Å²) >= 11 is 0. The molecule has 0 aromatic carbocycles. The molecule has 100 valence electrons. The van der Waals surface area contributed by atoms with Crippen LogP contribution in [0.4, 0.5) is 5.82 Å². The first-order chi connectivity index (χ1) is 8.65. The maximum Gasteiger partial charge on any atom is 0.342 e. The Hall–Kier alpha value is -1.63. The van der Waals surface area contributed by atoms with Gasteiger partial charge in [-0.2, -0.15) is 0 Å². The van der Waals surface area contributed by atoms with Gasteiger partial charge in [0.05, 0.1) is 0 Å². The normalized spacial score (nSPS) is 17.8. The Kier molecular flexibility index (Phi) is 4.14. The van der Waals surface area contributed by atoms with Gasteiger partial charge >= 0.3 is 5.69 Å². The number of nitrogens with zero attached hydrogens (tertiary/aromatic N) is 2. The zero-order chi connectivity index (χ0) is 13.0. The maximum absolute atomic E-state index is 11.4. The number of anilines is 1. The number of hydrogen-bond donors (Lipinski definition) is 3. The van der Waals surface area contributed by atoms with E-state index in [2.05, 4.69) is 32.4 Å². The Bertz CT molecular complexity index is 487. The van der Waals surface area contributed by atoms with Crippen molar-refractivity contribution in [2.45, 2.75) is 19.3 Å². The van der Waals surface area contributed by atoms with Crippen LogP contribution in [0, 0.1) is 5.92 Å². The molecule has 0 saturated carbocycles. The first-order valence-corrected chi connectivity index (χ1v) is 6.26. The summed E-state index contributed by atoms with van der Waals surface area (Å²) in [6.07, 6.45) is 3.43. The van der Waals surface area contributed by atoms with Crippen LogP contribution in [0.1, 0.15) is 19.3 Å². The van der Waals surface area contributed by atoms with Crippen molar-refractivity contribution in [3.63, 3.8) is 0 Å². The molecule has 3 N–H and O–H groups in total. The fourth-order valence-electron chi connectivity index (χ4n) is 2.21. The van der Waals surface area contributed by atoms with E-state index in [4.69, 9.17) is 0 Å². The summed E-state index contributed by atoms with van der Waals surface area (Å²) in [4.78, 5) is 26.6. The lowest BCUT2D eigenvalue weighted by Crippen LogP contribution is -2.31. The van der Waals surface area contributed by atoms with Gasteiger partial charge in [0.1, 0.15) is 0 Å². The molecular formula is C11H19N5O2. The van der Waals surface area contributed by atoms with Crippen LogP contribution >= 0.6 is 0 Å². The third kappa shape index (κ3) is 3.43. The minimum atomic E-state index is -0.583. The molecule has 0 radical (unpaired) electrons. The highest BCUT2D eigenvalue weighted by atomic mass is 16.2. The van der Waals surface area contributed by atoms with Crippen molar-refractivity contribution < 1.29 is 0 Å². The van der Waals surface area contributed by atoms with Crippen molar-refractivity contribution in [3.05, 3.63) is 20.8 Å². The zero-order valence-electron chi connectivity index (χ0n) is 10.5. The second-order valence-electron chi connectivity index (χ2n) is 4.82. The molecule has 0 atom stereocenters. The predicted octanol–water partition coefficient (Wildman–Crippen LogP) is -0.398. The highest BCUT2D eigenvalue weighted by molar-refractivity contribution is 5.28. The SMILES string of the molecule is CN1CCC(CCNc2n[nH]c(=O)[nH]c2=O)CC1. The second-order valence-corrected chi connectivity index (χ2v) is 4.82. The Balaban J connectivity index is 1.78. The average Bonchev–Trinajstić information content (AvgIpc) is 2.34. The minimum Gasteiger partial charge on any atom is -0.364 e. The second kappa shape index (κ2) is 5.81. The molecule has 0 unspecified atom stereocenters. The first-order valence-electron chi connectivity index (χ1n) is 6.26. The molecule has 2 heterocycles. The molecule has 0 amide bonds. The summed E-state index contributed by atoms with van der Waals surface area (Å²) in [5, 5.41) is 8.84. The monoisotopic (exact) mass is 253 g/mol. The van der Waals surface area contributed by atoms with Gasteiger partial charge in [0.15, 0.2) is 0 Å². The zero-order valence-corrected chi connectivity index (χ0v) is 10.5. The van der Waals surface area contributed by atoms with E-state index in [9.17, 15) is 9.59 Å². The predicted molar refractivity (Wildman–Crippen MR) is 68.8 cm³/mol. The molecule has 0 aliphatic carbocycles. The quantitative estimate of drug-likeness (QED) is 0.679. The van der Waals surface area contributed by atoms with Gasteiger partial charge in [-0.3, -0.25) is 9.78 Å². The van der Waals surface area contributed by atoms with Crippen LogP contribution in [0.2, 0.25) is 0 Å². The van der Waals surface area contributed by atoms with Crippen LogP contribution in [0.15, 0.2) is 9.59 Å². The van der Waals surface area contributed by atoms with Gasteiger partial charge in [0, 0.05) is 6.54 Å². The molecule has 7 nitrogen and oxygen atoms in total. The van der Waals surface area contributed by atoms with Gasteiger partial charge in [-0.1, -0.05) is 0 Å². The molecule has 1 aromatic rings. The van der Waals surface area contributed by atoms with Crippen LogP contribution < -0.4 is 16.6 Å². The molecule has 1 fully saturated rings. The number of hydrogen-bond acceptors (Lipinski definition) is 5. The molecule has 18 heavy (non-hydrogen) atoms. The number of H-pyrrole nitrogens is 2. The smallest absolute Gasteiger partial charge is 0.342 e. The molecule has 0 bridgehead atoms. The number of aromatic nitrogens is 3. The lowest BCUT2D eigenvalue weighted by Gasteiger charge is -2.28. The summed E-state index contributed by atoms with van der Waals surface area (Å²) in [7, 11) is 2.14. The summed E-state index contributed by atoms with van der Waals surface area (Å²) in [6.45, 7) is 2.99. The van der Waals surface area contributed by atoms with E-state index in [1.165, 1.54) is 12.8 Å². The number of nitrogens with one attached hydrogen (secondary N) is 3. The number of aromatic amines is 2. The number of piperidine rings is 1. The largest absolute Gasteiger partial charge is 0.364 e. The number of likely N-dealkylation sites (tertiary alicyclic amines) is 1. The van der Waals surface area contributed by atoms with Crippen molar-refractivity contribution in [1.29, 1.82) is 0 Å². The first kappa shape index (κ1) is 12.8. The van der Waals surface area contributed by atoms with E-state index in [0.717, 1.165) is 19.5 Å². The van der Waals surface area contributed by atoms with Crippen LogP contribution in [0.25, 0.3) is 0 Å². The van der Waals surface area contributed by atoms with E-state index in [1.54, 1.807) is 0 Å². The fraction of sp³-hybridized carbons (Fsp3) is 0.727. The average molecular weight is 253 g/mol. The third-order valence-corrected chi connectivity index (χ3v) is 3.39. The lowest BCUT2D eigenvalue weighted by atomic mass is 9.94. The van der Waals surface area contributed by atoms with Crippen molar-refractivity contribution >= 4 is 5.82 Å². The molecule has 1 aliphatic rings. The molecular weight excluding hydrogens is 234 g/mol. The van der Waals surface area contributed by atoms with Gasteiger partial charge in [0.25, 0.3) is 5.56 Å². The summed E-state index contributed by atoms with van der Waals surface area (Å²) < 4.78 is 0. The molecule has 1 aliphatic heterocycles. The van der Waals surface area contributed by atoms with E-state index >= 15 is 0 Å². The van der Waals surface area contributed by atoms with Crippen LogP contribution in [-0.4, -0.2) is 46.8 Å². The molecule has 0 spiro atoms.